The predicted octanol–water partition coefficient (Wildman–Crippen LogP) is 4.47. The van der Waals surface area contributed by atoms with Gasteiger partial charge in [0, 0.05) is 12.7 Å². The van der Waals surface area contributed by atoms with E-state index in [9.17, 15) is 0 Å². The van der Waals surface area contributed by atoms with Crippen LogP contribution in [0.4, 0.5) is 5.69 Å². The van der Waals surface area contributed by atoms with Crippen LogP contribution in [-0.2, 0) is 6.42 Å². The van der Waals surface area contributed by atoms with Crippen LogP contribution in [0.25, 0.3) is 10.8 Å². The lowest BCUT2D eigenvalue weighted by atomic mass is 10.0. The number of rotatable bonds is 3. The van der Waals surface area contributed by atoms with Crippen LogP contribution in [0.3, 0.4) is 0 Å². The van der Waals surface area contributed by atoms with Gasteiger partial charge in [-0.15, -0.1) is 0 Å². The predicted molar refractivity (Wildman–Crippen MR) is 82.7 cm³/mol. The van der Waals surface area contributed by atoms with Gasteiger partial charge in [-0.3, -0.25) is 0 Å². The third-order valence-electron chi connectivity index (χ3n) is 3.46. The minimum Gasteiger partial charge on any atom is -0.388 e. The summed E-state index contributed by atoms with van der Waals surface area (Å²) in [5.41, 5.74) is 3.85. The normalized spacial score (nSPS) is 10.6. The fourth-order valence-corrected chi connectivity index (χ4v) is 2.37. The van der Waals surface area contributed by atoms with E-state index >= 15 is 0 Å². The third-order valence-corrected chi connectivity index (χ3v) is 3.46. The first kappa shape index (κ1) is 11.8. The molecule has 0 bridgehead atoms. The van der Waals surface area contributed by atoms with Gasteiger partial charge in [0.25, 0.3) is 0 Å². The summed E-state index contributed by atoms with van der Waals surface area (Å²) in [5, 5.41) is 5.76. The molecule has 0 fully saturated rings. The zero-order valence-corrected chi connectivity index (χ0v) is 11.1. The maximum absolute atomic E-state index is 3.14. The minimum absolute atomic E-state index is 0.981. The summed E-state index contributed by atoms with van der Waals surface area (Å²) in [6.45, 7) is 0. The molecule has 0 unspecified atom stereocenters. The Bertz CT molecular complexity index is 683. The summed E-state index contributed by atoms with van der Waals surface area (Å²) < 4.78 is 0. The lowest BCUT2D eigenvalue weighted by Gasteiger charge is -2.06. The maximum atomic E-state index is 3.14. The van der Waals surface area contributed by atoms with Crippen molar-refractivity contribution < 1.29 is 0 Å². The Kier molecular flexibility index (Phi) is 3.20. The molecule has 3 aromatic rings. The number of hydrogen-bond donors (Lipinski definition) is 1. The largest absolute Gasteiger partial charge is 0.388 e. The summed E-state index contributed by atoms with van der Waals surface area (Å²) in [4.78, 5) is 0. The Balaban J connectivity index is 1.87. The first-order chi connectivity index (χ1) is 9.35. The van der Waals surface area contributed by atoms with Gasteiger partial charge in [0.05, 0.1) is 0 Å². The highest BCUT2D eigenvalue weighted by Gasteiger charge is 1.99. The van der Waals surface area contributed by atoms with E-state index in [1.807, 2.05) is 7.05 Å². The Morgan fingerprint density at radius 1 is 0.737 bits per heavy atom. The SMILES string of the molecule is CNc1ccc(Cc2ccc3ccccc3c2)cc1. The Morgan fingerprint density at radius 3 is 2.16 bits per heavy atom. The van der Waals surface area contributed by atoms with Gasteiger partial charge in [-0.2, -0.15) is 0 Å². The van der Waals surface area contributed by atoms with E-state index in [0.717, 1.165) is 12.1 Å². The fourth-order valence-electron chi connectivity index (χ4n) is 2.37. The van der Waals surface area contributed by atoms with Crippen molar-refractivity contribution in [1.29, 1.82) is 0 Å². The van der Waals surface area contributed by atoms with Crippen molar-refractivity contribution in [2.75, 3.05) is 12.4 Å². The molecular weight excluding hydrogens is 230 g/mol. The summed E-state index contributed by atoms with van der Waals surface area (Å²) >= 11 is 0. The van der Waals surface area contributed by atoms with Gasteiger partial charge >= 0.3 is 0 Å². The van der Waals surface area contributed by atoms with Crippen LogP contribution in [0.5, 0.6) is 0 Å². The average Bonchev–Trinajstić information content (AvgIpc) is 2.48. The number of hydrogen-bond acceptors (Lipinski definition) is 1. The summed E-state index contributed by atoms with van der Waals surface area (Å²) in [7, 11) is 1.94. The van der Waals surface area contributed by atoms with Crippen molar-refractivity contribution in [1.82, 2.24) is 0 Å². The quantitative estimate of drug-likeness (QED) is 0.720. The van der Waals surface area contributed by atoms with E-state index < -0.39 is 0 Å². The van der Waals surface area contributed by atoms with Crippen LogP contribution < -0.4 is 5.32 Å². The highest BCUT2D eigenvalue weighted by molar-refractivity contribution is 5.83. The Morgan fingerprint density at radius 2 is 1.42 bits per heavy atom. The lowest BCUT2D eigenvalue weighted by molar-refractivity contribution is 1.20. The summed E-state index contributed by atoms with van der Waals surface area (Å²) in [6, 6.07) is 23.8. The second kappa shape index (κ2) is 5.15. The van der Waals surface area contributed by atoms with Gasteiger partial charge < -0.3 is 5.32 Å². The molecule has 0 saturated heterocycles. The summed E-state index contributed by atoms with van der Waals surface area (Å²) in [6.07, 6.45) is 0.981. The van der Waals surface area contributed by atoms with Crippen molar-refractivity contribution in [2.24, 2.45) is 0 Å². The summed E-state index contributed by atoms with van der Waals surface area (Å²) in [5.74, 6) is 0. The van der Waals surface area contributed by atoms with Gasteiger partial charge in [0.1, 0.15) is 0 Å². The molecule has 0 heterocycles. The second-order valence-electron chi connectivity index (χ2n) is 4.81. The van der Waals surface area contributed by atoms with Crippen LogP contribution in [0.15, 0.2) is 66.7 Å². The molecule has 1 nitrogen and oxygen atoms in total. The lowest BCUT2D eigenvalue weighted by Crippen LogP contribution is -1.91. The molecule has 0 aliphatic heterocycles. The van der Waals surface area contributed by atoms with E-state index in [1.165, 1.54) is 21.9 Å². The van der Waals surface area contributed by atoms with Crippen LogP contribution in [0.1, 0.15) is 11.1 Å². The first-order valence-electron chi connectivity index (χ1n) is 6.59. The van der Waals surface area contributed by atoms with Crippen LogP contribution in [0.2, 0.25) is 0 Å². The van der Waals surface area contributed by atoms with E-state index in [0.29, 0.717) is 0 Å². The fraction of sp³-hybridized carbons (Fsp3) is 0.111. The highest BCUT2D eigenvalue weighted by Crippen LogP contribution is 2.18. The van der Waals surface area contributed by atoms with Gasteiger partial charge in [0.15, 0.2) is 0 Å². The number of nitrogens with one attached hydrogen (secondary N) is 1. The zero-order valence-electron chi connectivity index (χ0n) is 11.1. The second-order valence-corrected chi connectivity index (χ2v) is 4.81. The molecule has 0 atom stereocenters. The van der Waals surface area contributed by atoms with Crippen LogP contribution in [-0.4, -0.2) is 7.05 Å². The molecule has 0 radical (unpaired) electrons. The molecular formula is C18H17N. The Labute approximate surface area is 113 Å². The molecule has 1 N–H and O–H groups in total. The van der Waals surface area contributed by atoms with Gasteiger partial charge in [-0.05, 0) is 40.5 Å². The molecule has 0 aliphatic rings. The monoisotopic (exact) mass is 247 g/mol. The highest BCUT2D eigenvalue weighted by atomic mass is 14.8. The molecule has 19 heavy (non-hydrogen) atoms. The standard InChI is InChI=1S/C18H17N/c1-19-18-10-7-14(8-11-18)12-15-6-9-16-4-2-3-5-17(16)13-15/h2-11,13,19H,12H2,1H3. The average molecular weight is 247 g/mol. The molecule has 0 aliphatic carbocycles. The van der Waals surface area contributed by atoms with Crippen molar-refractivity contribution >= 4 is 16.5 Å². The van der Waals surface area contributed by atoms with Crippen molar-refractivity contribution in [3.8, 4) is 0 Å². The molecule has 3 aromatic carbocycles. The van der Waals surface area contributed by atoms with Crippen LogP contribution >= 0.6 is 0 Å². The van der Waals surface area contributed by atoms with E-state index in [4.69, 9.17) is 0 Å². The van der Waals surface area contributed by atoms with E-state index in [1.54, 1.807) is 0 Å². The van der Waals surface area contributed by atoms with E-state index in [2.05, 4.69) is 72.0 Å². The molecule has 0 spiro atoms. The molecule has 0 amide bonds. The Hall–Kier alpha value is -2.28. The molecule has 1 heteroatoms. The van der Waals surface area contributed by atoms with Crippen molar-refractivity contribution in [2.45, 2.75) is 6.42 Å². The molecule has 94 valence electrons. The van der Waals surface area contributed by atoms with Gasteiger partial charge in [-0.25, -0.2) is 0 Å². The van der Waals surface area contributed by atoms with Crippen molar-refractivity contribution in [3.05, 3.63) is 77.9 Å². The topological polar surface area (TPSA) is 12.0 Å². The smallest absolute Gasteiger partial charge is 0.0337 e. The first-order valence-corrected chi connectivity index (χ1v) is 6.59. The molecule has 0 aromatic heterocycles. The molecule has 3 rings (SSSR count). The van der Waals surface area contributed by atoms with E-state index in [-0.39, 0.29) is 0 Å². The third kappa shape index (κ3) is 2.60. The zero-order chi connectivity index (χ0) is 13.1. The van der Waals surface area contributed by atoms with Crippen molar-refractivity contribution in [3.63, 3.8) is 0 Å². The maximum Gasteiger partial charge on any atom is 0.0337 e. The number of benzene rings is 3. The van der Waals surface area contributed by atoms with Crippen LogP contribution in [0, 0.1) is 0 Å². The minimum atomic E-state index is 0.981. The number of anilines is 1. The molecule has 0 saturated carbocycles. The van der Waals surface area contributed by atoms with Gasteiger partial charge in [-0.1, -0.05) is 54.6 Å². The number of fused-ring (bicyclic) bond motifs is 1. The van der Waals surface area contributed by atoms with Gasteiger partial charge in [0.2, 0.25) is 0 Å².